The Balaban J connectivity index is 1.26. The maximum absolute atomic E-state index is 12.4. The van der Waals surface area contributed by atoms with Crippen molar-refractivity contribution in [3.8, 4) is 0 Å². The van der Waals surface area contributed by atoms with Gasteiger partial charge in [0, 0.05) is 34.2 Å². The number of carbonyl (C=O) groups excluding carboxylic acids is 1. The zero-order valence-corrected chi connectivity index (χ0v) is 20.6. The van der Waals surface area contributed by atoms with Gasteiger partial charge in [-0.3, -0.25) is 4.79 Å². The molecule has 3 heterocycles. The maximum atomic E-state index is 12.4. The fraction of sp³-hybridized carbons (Fsp3) is 0.130. The molecule has 0 bridgehead atoms. The van der Waals surface area contributed by atoms with Gasteiger partial charge in [0.05, 0.1) is 15.9 Å². The van der Waals surface area contributed by atoms with E-state index in [1.807, 2.05) is 48.7 Å². The summed E-state index contributed by atoms with van der Waals surface area (Å²) in [4.78, 5) is 34.8. The summed E-state index contributed by atoms with van der Waals surface area (Å²) < 4.78 is 8.33. The second-order valence-electron chi connectivity index (χ2n) is 7.35. The van der Waals surface area contributed by atoms with Gasteiger partial charge < -0.3 is 15.2 Å². The van der Waals surface area contributed by atoms with Gasteiger partial charge in [-0.1, -0.05) is 17.8 Å². The largest absolute Gasteiger partial charge is 0.375 e. The van der Waals surface area contributed by atoms with Gasteiger partial charge in [0.2, 0.25) is 0 Å². The number of anilines is 2. The Kier molecular flexibility index (Phi) is 6.31. The number of amides is 2. The average Bonchev–Trinajstić information content (AvgIpc) is 3.40. The fourth-order valence-electron chi connectivity index (χ4n) is 3.32. The van der Waals surface area contributed by atoms with E-state index in [1.165, 1.54) is 33.7 Å². The summed E-state index contributed by atoms with van der Waals surface area (Å²) in [5, 5.41) is 5.73. The number of nitrogens with zero attached hydrogens (tertiary/aromatic N) is 3. The lowest BCUT2D eigenvalue weighted by molar-refractivity contribution is 0.262. The molecule has 0 radical (unpaired) electrons. The summed E-state index contributed by atoms with van der Waals surface area (Å²) in [5.41, 5.74) is 3.19. The Bertz CT molecular complexity index is 1570. The highest BCUT2D eigenvalue weighted by atomic mass is 32.2. The smallest absolute Gasteiger partial charge is 0.323 e. The first-order chi connectivity index (χ1) is 16.5. The lowest BCUT2D eigenvalue weighted by Crippen LogP contribution is -2.19. The molecule has 5 aromatic rings. The van der Waals surface area contributed by atoms with Gasteiger partial charge in [0.15, 0.2) is 9.99 Å². The molecule has 0 saturated carbocycles. The molecule has 0 saturated heterocycles. The van der Waals surface area contributed by atoms with Crippen LogP contribution in [0.2, 0.25) is 0 Å². The van der Waals surface area contributed by atoms with Crippen molar-refractivity contribution in [1.82, 2.24) is 14.5 Å². The molecule has 0 aliphatic rings. The van der Waals surface area contributed by atoms with Crippen LogP contribution in [-0.4, -0.2) is 26.8 Å². The van der Waals surface area contributed by atoms with Crippen molar-refractivity contribution < 1.29 is 9.32 Å². The van der Waals surface area contributed by atoms with Crippen molar-refractivity contribution in [2.24, 2.45) is 0 Å². The average molecular weight is 510 g/mol. The first kappa shape index (κ1) is 22.5. The number of nitrogens with one attached hydrogen (secondary N) is 2. The zero-order chi connectivity index (χ0) is 23.7. The van der Waals surface area contributed by atoms with Crippen LogP contribution in [0.3, 0.4) is 0 Å². The molecule has 0 aliphatic carbocycles. The Morgan fingerprint density at radius 1 is 1.09 bits per heavy atom. The van der Waals surface area contributed by atoms with E-state index in [2.05, 4.69) is 20.6 Å². The fourth-order valence-corrected chi connectivity index (χ4v) is 5.78. The van der Waals surface area contributed by atoms with Crippen molar-refractivity contribution in [2.75, 3.05) is 16.9 Å². The molecule has 5 rings (SSSR count). The topological polar surface area (TPSA) is 102 Å². The van der Waals surface area contributed by atoms with E-state index < -0.39 is 0 Å². The molecule has 8 nitrogen and oxygen atoms in total. The molecule has 172 valence electrons. The number of rotatable bonds is 6. The maximum Gasteiger partial charge on any atom is 0.323 e. The molecular formula is C23H19N5O3S3. The SMILES string of the molecule is CSc1cccc(NC(=O)Nc2ccc3nc(SCc4cc(=O)n5oc(C)cc5n4)sc3c2)c1. The van der Waals surface area contributed by atoms with Crippen LogP contribution in [-0.2, 0) is 5.75 Å². The number of hydrogen-bond acceptors (Lipinski definition) is 8. The summed E-state index contributed by atoms with van der Waals surface area (Å²) in [5.74, 6) is 1.14. The third-order valence-corrected chi connectivity index (χ3v) is 7.74. The Morgan fingerprint density at radius 2 is 1.91 bits per heavy atom. The predicted octanol–water partition coefficient (Wildman–Crippen LogP) is 5.86. The summed E-state index contributed by atoms with van der Waals surface area (Å²) >= 11 is 4.66. The molecule has 0 atom stereocenters. The predicted molar refractivity (Wildman–Crippen MR) is 139 cm³/mol. The highest BCUT2D eigenvalue weighted by molar-refractivity contribution is 8.00. The van der Waals surface area contributed by atoms with Crippen LogP contribution in [0.15, 0.2) is 73.2 Å². The van der Waals surface area contributed by atoms with Gasteiger partial charge in [0.25, 0.3) is 5.56 Å². The number of carbonyl (C=O) groups is 1. The van der Waals surface area contributed by atoms with E-state index >= 15 is 0 Å². The van der Waals surface area contributed by atoms with Crippen LogP contribution in [0.25, 0.3) is 15.9 Å². The lowest BCUT2D eigenvalue weighted by Gasteiger charge is -2.08. The number of thioether (sulfide) groups is 2. The van der Waals surface area contributed by atoms with Crippen molar-refractivity contribution in [3.63, 3.8) is 0 Å². The van der Waals surface area contributed by atoms with Crippen LogP contribution in [0.4, 0.5) is 16.2 Å². The Hall–Kier alpha value is -3.28. The molecule has 2 amide bonds. The lowest BCUT2D eigenvalue weighted by atomic mass is 10.3. The Morgan fingerprint density at radius 3 is 2.74 bits per heavy atom. The van der Waals surface area contributed by atoms with Gasteiger partial charge in [-0.25, -0.2) is 14.8 Å². The number of urea groups is 1. The van der Waals surface area contributed by atoms with Crippen molar-refractivity contribution >= 4 is 68.1 Å². The van der Waals surface area contributed by atoms with E-state index in [0.29, 0.717) is 28.5 Å². The Labute approximate surface area is 206 Å². The number of thiazole rings is 1. The first-order valence-electron chi connectivity index (χ1n) is 10.2. The van der Waals surface area contributed by atoms with Gasteiger partial charge >= 0.3 is 6.03 Å². The number of fused-ring (bicyclic) bond motifs is 2. The highest BCUT2D eigenvalue weighted by Crippen LogP contribution is 2.32. The molecule has 0 spiro atoms. The molecule has 3 aromatic heterocycles. The minimum Gasteiger partial charge on any atom is -0.375 e. The second-order valence-corrected chi connectivity index (χ2v) is 10.5. The standard InChI is InChI=1S/C23H19N5O3S3/c1-13-8-20-24-16(11-21(29)28(20)31-13)12-33-23-27-18-7-6-15(10-19(18)34-23)26-22(30)25-14-4-3-5-17(9-14)32-2/h3-11H,12H2,1-2H3,(H2,25,26,30). The third-order valence-electron chi connectivity index (χ3n) is 4.82. The van der Waals surface area contributed by atoms with Gasteiger partial charge in [-0.15, -0.1) is 27.7 Å². The molecule has 0 unspecified atom stereocenters. The number of hydrogen-bond donors (Lipinski definition) is 2. The van der Waals surface area contributed by atoms with Gasteiger partial charge in [-0.2, -0.15) is 0 Å². The van der Waals surface area contributed by atoms with Crippen LogP contribution >= 0.6 is 34.9 Å². The zero-order valence-electron chi connectivity index (χ0n) is 18.2. The minimum atomic E-state index is -0.307. The molecule has 2 aromatic carbocycles. The van der Waals surface area contributed by atoms with E-state index in [9.17, 15) is 9.59 Å². The first-order valence-corrected chi connectivity index (χ1v) is 13.2. The van der Waals surface area contributed by atoms with Crippen LogP contribution < -0.4 is 16.2 Å². The monoisotopic (exact) mass is 509 g/mol. The van der Waals surface area contributed by atoms with Crippen LogP contribution in [0, 0.1) is 6.92 Å². The number of aryl methyl sites for hydroxylation is 1. The van der Waals surface area contributed by atoms with Crippen molar-refractivity contribution in [2.45, 2.75) is 21.9 Å². The van der Waals surface area contributed by atoms with E-state index in [-0.39, 0.29) is 11.6 Å². The van der Waals surface area contributed by atoms with Crippen molar-refractivity contribution in [1.29, 1.82) is 0 Å². The summed E-state index contributed by atoms with van der Waals surface area (Å²) in [6.45, 7) is 1.78. The van der Waals surface area contributed by atoms with Gasteiger partial charge in [-0.05, 0) is 49.6 Å². The highest BCUT2D eigenvalue weighted by Gasteiger charge is 2.11. The minimum absolute atomic E-state index is 0.243. The van der Waals surface area contributed by atoms with E-state index in [4.69, 9.17) is 4.52 Å². The quantitative estimate of drug-likeness (QED) is 0.276. The van der Waals surface area contributed by atoms with Crippen molar-refractivity contribution in [3.05, 3.63) is 76.4 Å². The normalized spacial score (nSPS) is 11.2. The summed E-state index contributed by atoms with van der Waals surface area (Å²) in [6, 6.07) is 16.2. The second kappa shape index (κ2) is 9.53. The van der Waals surface area contributed by atoms with Crippen LogP contribution in [0.5, 0.6) is 0 Å². The van der Waals surface area contributed by atoms with E-state index in [0.717, 1.165) is 25.1 Å². The molecule has 0 aliphatic heterocycles. The van der Waals surface area contributed by atoms with E-state index in [1.54, 1.807) is 24.8 Å². The molecular weight excluding hydrogens is 490 g/mol. The summed E-state index contributed by atoms with van der Waals surface area (Å²) in [7, 11) is 0. The molecule has 0 fully saturated rings. The number of aromatic nitrogens is 3. The van der Waals surface area contributed by atoms with Gasteiger partial charge in [0.1, 0.15) is 5.76 Å². The third kappa shape index (κ3) is 4.96. The summed E-state index contributed by atoms with van der Waals surface area (Å²) in [6.07, 6.45) is 1.99. The number of benzene rings is 2. The molecule has 2 N–H and O–H groups in total. The van der Waals surface area contributed by atoms with Crippen LogP contribution in [0.1, 0.15) is 11.5 Å². The molecule has 34 heavy (non-hydrogen) atoms. The molecule has 11 heteroatoms.